The molecule has 2 aromatic heterocycles. The summed E-state index contributed by atoms with van der Waals surface area (Å²) < 4.78 is 0. The van der Waals surface area contributed by atoms with Gasteiger partial charge in [0.1, 0.15) is 5.69 Å². The number of nitrogens with zero attached hydrogens (tertiary/aromatic N) is 4. The van der Waals surface area contributed by atoms with Crippen LogP contribution in [0.1, 0.15) is 40.7 Å². The lowest BCUT2D eigenvalue weighted by Gasteiger charge is -2.39. The van der Waals surface area contributed by atoms with Crippen LogP contribution in [-0.2, 0) is 27.2 Å². The smallest absolute Gasteiger partial charge is 0.274 e. The monoisotopic (exact) mass is 671 g/mol. The summed E-state index contributed by atoms with van der Waals surface area (Å²) in [7, 11) is 1.50. The molecule has 2 aliphatic heterocycles. The standard InChI is InChI=1S/C27H30ClN7O4.C9H12/c1-15-7-30-9-23(33-15)27(39)35-12-17-11-34(14-21(20(17)13-35)26(38)32-10-24(36)29-2)25(37)5-16-8-31-22-6-18(28)3-4-19(16)22;1-2-6-9-7-4-3-5-8-9/h3-4,6-9,17,20-21,31H,5,10-14H2,1-2H3,(H,29,36)(H,32,38);3-5,7-8H,2,6H2,1H3. The third-order valence-corrected chi connectivity index (χ3v) is 9.22. The summed E-state index contributed by atoms with van der Waals surface area (Å²) >= 11 is 6.09. The topological polar surface area (TPSA) is 140 Å². The number of benzene rings is 2. The quantitative estimate of drug-likeness (QED) is 0.260. The van der Waals surface area contributed by atoms with Crippen molar-refractivity contribution in [1.82, 2.24) is 35.4 Å². The van der Waals surface area contributed by atoms with Gasteiger partial charge in [0.05, 0.1) is 30.8 Å². The van der Waals surface area contributed by atoms with E-state index in [2.05, 4.69) is 62.8 Å². The van der Waals surface area contributed by atoms with E-state index in [1.807, 2.05) is 12.1 Å². The molecule has 3 unspecified atom stereocenters. The molecule has 0 aliphatic carbocycles. The molecule has 4 heterocycles. The van der Waals surface area contributed by atoms with Crippen molar-refractivity contribution in [3.05, 3.63) is 94.7 Å². The molecule has 252 valence electrons. The molecule has 3 atom stereocenters. The van der Waals surface area contributed by atoms with E-state index in [0.29, 0.717) is 30.4 Å². The first-order valence-corrected chi connectivity index (χ1v) is 16.7. The number of aryl methyl sites for hydroxylation is 2. The zero-order chi connectivity index (χ0) is 34.2. The molecule has 2 aliphatic rings. The van der Waals surface area contributed by atoms with Crippen molar-refractivity contribution in [3.8, 4) is 0 Å². The lowest BCUT2D eigenvalue weighted by Crippen LogP contribution is -2.54. The first kappa shape index (κ1) is 34.6. The SMILES string of the molecule is CCCc1ccccc1.CNC(=O)CNC(=O)C1CN(C(=O)Cc2c[nH]c3cc(Cl)ccc23)CC2CN(C(=O)c3cncc(C)n3)CC21. The Labute approximate surface area is 285 Å². The molecule has 0 radical (unpaired) electrons. The van der Waals surface area contributed by atoms with E-state index in [-0.39, 0.29) is 60.7 Å². The molecule has 0 bridgehead atoms. The number of nitrogens with one attached hydrogen (secondary N) is 3. The molecule has 2 fully saturated rings. The second kappa shape index (κ2) is 15.9. The van der Waals surface area contributed by atoms with Gasteiger partial charge in [0.15, 0.2) is 0 Å². The number of likely N-dealkylation sites (N-methyl/N-ethyl adjacent to an activating group) is 1. The van der Waals surface area contributed by atoms with Crippen LogP contribution in [0.2, 0.25) is 5.02 Å². The van der Waals surface area contributed by atoms with Crippen molar-refractivity contribution in [2.75, 3.05) is 39.8 Å². The minimum atomic E-state index is -0.569. The van der Waals surface area contributed by atoms with Crippen LogP contribution in [0.3, 0.4) is 0 Å². The molecule has 4 amide bonds. The number of carbonyl (C=O) groups is 4. The molecule has 3 N–H and O–H groups in total. The highest BCUT2D eigenvalue weighted by molar-refractivity contribution is 6.31. The van der Waals surface area contributed by atoms with Crippen LogP contribution in [0.15, 0.2) is 67.1 Å². The zero-order valence-electron chi connectivity index (χ0n) is 27.5. The normalized spacial score (nSPS) is 18.5. The van der Waals surface area contributed by atoms with Crippen LogP contribution >= 0.6 is 11.6 Å². The van der Waals surface area contributed by atoms with Crippen LogP contribution in [-0.4, -0.2) is 88.2 Å². The molecule has 4 aromatic rings. The molecule has 0 spiro atoms. The van der Waals surface area contributed by atoms with Crippen LogP contribution in [0.25, 0.3) is 10.9 Å². The number of hydrogen-bond acceptors (Lipinski definition) is 6. The van der Waals surface area contributed by atoms with E-state index in [4.69, 9.17) is 11.6 Å². The second-order valence-electron chi connectivity index (χ2n) is 12.4. The molecular formula is C36H42ClN7O4. The number of hydrogen-bond donors (Lipinski definition) is 3. The summed E-state index contributed by atoms with van der Waals surface area (Å²) in [6.07, 6.45) is 7.43. The van der Waals surface area contributed by atoms with Crippen molar-refractivity contribution >= 4 is 46.1 Å². The molecule has 0 saturated carbocycles. The average molecular weight is 672 g/mol. The number of likely N-dealkylation sites (tertiary alicyclic amines) is 2. The number of aromatic nitrogens is 3. The Bertz CT molecular complexity index is 1760. The van der Waals surface area contributed by atoms with Crippen LogP contribution in [0.4, 0.5) is 0 Å². The number of halogens is 1. The number of rotatable bonds is 8. The highest BCUT2D eigenvalue weighted by atomic mass is 35.5. The maximum atomic E-state index is 13.5. The van der Waals surface area contributed by atoms with Gasteiger partial charge in [-0.25, -0.2) is 4.98 Å². The summed E-state index contributed by atoms with van der Waals surface area (Å²) in [6.45, 7) is 5.21. The first-order chi connectivity index (χ1) is 23.2. The Morgan fingerprint density at radius 2 is 1.77 bits per heavy atom. The van der Waals surface area contributed by atoms with E-state index in [1.165, 1.54) is 31.6 Å². The summed E-state index contributed by atoms with van der Waals surface area (Å²) in [4.78, 5) is 66.7. The van der Waals surface area contributed by atoms with Crippen molar-refractivity contribution in [3.63, 3.8) is 0 Å². The molecule has 48 heavy (non-hydrogen) atoms. The number of piperidine rings is 1. The van der Waals surface area contributed by atoms with Crippen molar-refractivity contribution in [1.29, 1.82) is 0 Å². The average Bonchev–Trinajstić information content (AvgIpc) is 3.71. The Morgan fingerprint density at radius 1 is 1.00 bits per heavy atom. The Balaban J connectivity index is 0.000000434. The number of aromatic amines is 1. The summed E-state index contributed by atoms with van der Waals surface area (Å²) in [5.74, 6) is -1.80. The van der Waals surface area contributed by atoms with Crippen LogP contribution < -0.4 is 10.6 Å². The van der Waals surface area contributed by atoms with Gasteiger partial charge >= 0.3 is 0 Å². The number of fused-ring (bicyclic) bond motifs is 2. The minimum absolute atomic E-state index is 0.0954. The third-order valence-electron chi connectivity index (χ3n) is 8.99. The zero-order valence-corrected chi connectivity index (χ0v) is 28.3. The fourth-order valence-electron chi connectivity index (χ4n) is 6.55. The lowest BCUT2D eigenvalue weighted by molar-refractivity contribution is -0.139. The van der Waals surface area contributed by atoms with Gasteiger partial charge < -0.3 is 25.4 Å². The van der Waals surface area contributed by atoms with Gasteiger partial charge in [-0.2, -0.15) is 0 Å². The predicted octanol–water partition coefficient (Wildman–Crippen LogP) is 3.81. The Morgan fingerprint density at radius 3 is 2.50 bits per heavy atom. The lowest BCUT2D eigenvalue weighted by atomic mass is 9.79. The van der Waals surface area contributed by atoms with Gasteiger partial charge in [-0.3, -0.25) is 24.2 Å². The van der Waals surface area contributed by atoms with Crippen molar-refractivity contribution in [2.24, 2.45) is 17.8 Å². The predicted molar refractivity (Wildman–Crippen MR) is 184 cm³/mol. The fourth-order valence-corrected chi connectivity index (χ4v) is 6.72. The second-order valence-corrected chi connectivity index (χ2v) is 12.8. The van der Waals surface area contributed by atoms with Crippen molar-refractivity contribution in [2.45, 2.75) is 33.1 Å². The summed E-state index contributed by atoms with van der Waals surface area (Å²) in [6, 6.07) is 16.0. The van der Waals surface area contributed by atoms with E-state index >= 15 is 0 Å². The molecular weight excluding hydrogens is 630 g/mol. The highest BCUT2D eigenvalue weighted by Gasteiger charge is 2.48. The van der Waals surface area contributed by atoms with Gasteiger partial charge in [0, 0.05) is 61.5 Å². The highest BCUT2D eigenvalue weighted by Crippen LogP contribution is 2.36. The van der Waals surface area contributed by atoms with Crippen LogP contribution in [0, 0.1) is 24.7 Å². The fraction of sp³-hybridized carbons (Fsp3) is 0.389. The third kappa shape index (κ3) is 8.38. The Hall–Kier alpha value is -4.77. The minimum Gasteiger partial charge on any atom is -0.361 e. The van der Waals surface area contributed by atoms with E-state index in [0.717, 1.165) is 16.5 Å². The maximum absolute atomic E-state index is 13.5. The van der Waals surface area contributed by atoms with E-state index in [1.54, 1.807) is 35.2 Å². The largest absolute Gasteiger partial charge is 0.361 e. The van der Waals surface area contributed by atoms with Gasteiger partial charge in [0.2, 0.25) is 17.7 Å². The summed E-state index contributed by atoms with van der Waals surface area (Å²) in [5.41, 5.74) is 4.03. The molecule has 12 heteroatoms. The van der Waals surface area contributed by atoms with Gasteiger partial charge in [-0.1, -0.05) is 61.3 Å². The molecule has 2 aromatic carbocycles. The first-order valence-electron chi connectivity index (χ1n) is 16.3. The number of H-pyrrole nitrogens is 1. The van der Waals surface area contributed by atoms with Gasteiger partial charge in [-0.15, -0.1) is 0 Å². The van der Waals surface area contributed by atoms with Crippen LogP contribution in [0.5, 0.6) is 0 Å². The maximum Gasteiger partial charge on any atom is 0.274 e. The van der Waals surface area contributed by atoms with E-state index in [9.17, 15) is 19.2 Å². The molecule has 6 rings (SSSR count). The number of carbonyl (C=O) groups excluding carboxylic acids is 4. The van der Waals surface area contributed by atoms with E-state index < -0.39 is 5.92 Å². The summed E-state index contributed by atoms with van der Waals surface area (Å²) in [5, 5.41) is 6.71. The van der Waals surface area contributed by atoms with Crippen molar-refractivity contribution < 1.29 is 19.2 Å². The molecule has 2 saturated heterocycles. The van der Waals surface area contributed by atoms with Gasteiger partial charge in [0.25, 0.3) is 5.91 Å². The molecule has 11 nitrogen and oxygen atoms in total. The van der Waals surface area contributed by atoms with Gasteiger partial charge in [-0.05, 0) is 48.4 Å². The Kier molecular flexibility index (Phi) is 11.4. The number of amides is 4.